The average Bonchev–Trinajstić information content (AvgIpc) is 3.43. The van der Waals surface area contributed by atoms with E-state index >= 15 is 0 Å². The van der Waals surface area contributed by atoms with Crippen LogP contribution in [-0.2, 0) is 4.74 Å². The molecule has 3 aromatic carbocycles. The molecule has 1 amide bonds. The fourth-order valence-electron chi connectivity index (χ4n) is 3.67. The van der Waals surface area contributed by atoms with E-state index in [4.69, 9.17) is 32.7 Å². The third-order valence-electron chi connectivity index (χ3n) is 5.74. The lowest BCUT2D eigenvalue weighted by Crippen LogP contribution is -2.45. The zero-order valence-electron chi connectivity index (χ0n) is 20.0. The first kappa shape index (κ1) is 25.6. The summed E-state index contributed by atoms with van der Waals surface area (Å²) in [4.78, 5) is 17.1. The van der Waals surface area contributed by atoms with Crippen molar-refractivity contribution in [1.82, 2.24) is 9.55 Å². The third-order valence-corrected chi connectivity index (χ3v) is 6.68. The maximum absolute atomic E-state index is 12.9. The van der Waals surface area contributed by atoms with Gasteiger partial charge in [-0.15, -0.1) is 11.6 Å². The van der Waals surface area contributed by atoms with Crippen molar-refractivity contribution in [3.63, 3.8) is 0 Å². The van der Waals surface area contributed by atoms with Gasteiger partial charge in [0.2, 0.25) is 6.23 Å². The summed E-state index contributed by atoms with van der Waals surface area (Å²) in [6.07, 6.45) is 2.92. The number of carbonyl (C=O) groups is 1. The Morgan fingerprint density at radius 3 is 2.28 bits per heavy atom. The van der Waals surface area contributed by atoms with Crippen molar-refractivity contribution in [2.24, 2.45) is 5.41 Å². The molecular formula is C28H27Cl2N3O3. The molecule has 4 rings (SSSR count). The first-order valence-electron chi connectivity index (χ1n) is 11.4. The lowest BCUT2D eigenvalue weighted by atomic mass is 9.87. The van der Waals surface area contributed by atoms with Gasteiger partial charge in [0, 0.05) is 34.4 Å². The van der Waals surface area contributed by atoms with Crippen LogP contribution in [0.15, 0.2) is 97.6 Å². The summed E-state index contributed by atoms with van der Waals surface area (Å²) in [5, 5.41) is 3.31. The third kappa shape index (κ3) is 6.39. The summed E-state index contributed by atoms with van der Waals surface area (Å²) < 4.78 is 14.1. The van der Waals surface area contributed by atoms with E-state index in [9.17, 15) is 4.79 Å². The van der Waals surface area contributed by atoms with Crippen LogP contribution in [0.2, 0.25) is 5.02 Å². The summed E-state index contributed by atoms with van der Waals surface area (Å²) in [6.45, 7) is 3.85. The van der Waals surface area contributed by atoms with E-state index < -0.39 is 23.8 Å². The van der Waals surface area contributed by atoms with E-state index in [1.165, 1.54) is 0 Å². The van der Waals surface area contributed by atoms with Crippen molar-refractivity contribution in [3.05, 3.63) is 103 Å². The minimum absolute atomic E-state index is 0.230. The number of hydrogen-bond acceptors (Lipinski definition) is 4. The molecule has 36 heavy (non-hydrogen) atoms. The topological polar surface area (TPSA) is 65.4 Å². The number of anilines is 1. The number of hydrogen-bond donors (Lipinski definition) is 1. The molecule has 0 radical (unpaired) electrons. The molecule has 186 valence electrons. The van der Waals surface area contributed by atoms with Crippen molar-refractivity contribution in [2.75, 3.05) is 11.2 Å². The summed E-state index contributed by atoms with van der Waals surface area (Å²) in [5.74, 6) is 0.846. The van der Waals surface area contributed by atoms with Crippen LogP contribution in [0.4, 0.5) is 10.5 Å². The molecule has 4 aromatic rings. The molecule has 1 N–H and O–H groups in total. The Labute approximate surface area is 220 Å². The quantitative estimate of drug-likeness (QED) is 0.228. The number of nitrogens with one attached hydrogen (secondary N) is 1. The highest BCUT2D eigenvalue weighted by atomic mass is 35.5. The second-order valence-electron chi connectivity index (χ2n) is 8.99. The molecular weight excluding hydrogens is 497 g/mol. The Balaban J connectivity index is 1.59. The molecule has 2 atom stereocenters. The van der Waals surface area contributed by atoms with Gasteiger partial charge in [-0.3, -0.25) is 9.88 Å². The van der Waals surface area contributed by atoms with E-state index in [-0.39, 0.29) is 5.88 Å². The van der Waals surface area contributed by atoms with Gasteiger partial charge in [-0.1, -0.05) is 67.9 Å². The number of benzene rings is 3. The van der Waals surface area contributed by atoms with Gasteiger partial charge < -0.3 is 9.47 Å². The van der Waals surface area contributed by atoms with Crippen molar-refractivity contribution in [3.8, 4) is 16.9 Å². The molecule has 0 bridgehead atoms. The molecule has 1 aromatic heterocycles. The predicted molar refractivity (Wildman–Crippen MR) is 144 cm³/mol. The number of ether oxygens (including phenoxy) is 2. The van der Waals surface area contributed by atoms with Gasteiger partial charge in [0.05, 0.1) is 6.33 Å². The maximum Gasteiger partial charge on any atom is 0.412 e. The highest BCUT2D eigenvalue weighted by Gasteiger charge is 2.41. The van der Waals surface area contributed by atoms with Crippen LogP contribution in [-0.4, -0.2) is 27.6 Å². The summed E-state index contributed by atoms with van der Waals surface area (Å²) >= 11 is 12.3. The molecule has 0 saturated heterocycles. The normalized spacial score (nSPS) is 13.0. The molecule has 0 aliphatic rings. The summed E-state index contributed by atoms with van der Waals surface area (Å²) in [5.41, 5.74) is 2.10. The molecule has 0 fully saturated rings. The number of rotatable bonds is 9. The molecule has 0 aliphatic carbocycles. The van der Waals surface area contributed by atoms with Gasteiger partial charge >= 0.3 is 6.09 Å². The van der Waals surface area contributed by atoms with E-state index in [2.05, 4.69) is 22.4 Å². The first-order valence-corrected chi connectivity index (χ1v) is 12.4. The zero-order chi connectivity index (χ0) is 25.5. The summed E-state index contributed by atoms with van der Waals surface area (Å²) in [7, 11) is 0. The van der Waals surface area contributed by atoms with Crippen LogP contribution in [0.3, 0.4) is 0 Å². The molecule has 6 nitrogen and oxygen atoms in total. The summed E-state index contributed by atoms with van der Waals surface area (Å²) in [6, 6.07) is 24.6. The Bertz CT molecular complexity index is 1250. The van der Waals surface area contributed by atoms with E-state index in [0.717, 1.165) is 11.1 Å². The highest BCUT2D eigenvalue weighted by Crippen LogP contribution is 2.35. The number of amides is 1. The van der Waals surface area contributed by atoms with E-state index in [0.29, 0.717) is 16.5 Å². The Hall–Kier alpha value is -3.48. The number of imidazole rings is 1. The number of aromatic nitrogens is 2. The average molecular weight is 524 g/mol. The molecule has 1 heterocycles. The first-order chi connectivity index (χ1) is 17.4. The minimum atomic E-state index is -0.759. The van der Waals surface area contributed by atoms with Crippen LogP contribution < -0.4 is 10.1 Å². The SMILES string of the molecule is CC(C)(CCl)C(OC(=O)Nc1ccc(Cl)cc1)C(Oc1ccc(-c2ccccc2)cc1)n1ccnc1. The van der Waals surface area contributed by atoms with Crippen molar-refractivity contribution >= 4 is 35.0 Å². The molecule has 8 heteroatoms. The monoisotopic (exact) mass is 523 g/mol. The standard InChI is InChI=1S/C28H27Cl2N3O3/c1-28(2,18-29)25(36-27(34)32-23-12-10-22(30)11-13-23)26(33-17-16-31-19-33)35-24-14-8-21(9-15-24)20-6-4-3-5-7-20/h3-17,19,25-26H,18H2,1-2H3,(H,32,34). The Morgan fingerprint density at radius 1 is 1.00 bits per heavy atom. The van der Waals surface area contributed by atoms with Gasteiger partial charge in [-0.2, -0.15) is 0 Å². The van der Waals surface area contributed by atoms with E-state index in [1.807, 2.05) is 56.3 Å². The lowest BCUT2D eigenvalue weighted by molar-refractivity contribution is -0.0695. The fraction of sp³-hybridized carbons (Fsp3) is 0.214. The molecule has 0 spiro atoms. The van der Waals surface area contributed by atoms with Gasteiger partial charge in [0.1, 0.15) is 5.75 Å². The molecule has 2 unspecified atom stereocenters. The van der Waals surface area contributed by atoms with Gasteiger partial charge in [-0.05, 0) is 47.5 Å². The second kappa shape index (κ2) is 11.5. The molecule has 0 aliphatic heterocycles. The van der Waals surface area contributed by atoms with Crippen molar-refractivity contribution in [2.45, 2.75) is 26.2 Å². The smallest absolute Gasteiger partial charge is 0.412 e. The number of nitrogens with zero attached hydrogens (tertiary/aromatic N) is 2. The second-order valence-corrected chi connectivity index (χ2v) is 9.69. The number of alkyl halides is 1. The zero-order valence-corrected chi connectivity index (χ0v) is 21.5. The predicted octanol–water partition coefficient (Wildman–Crippen LogP) is 7.66. The van der Waals surface area contributed by atoms with E-state index in [1.54, 1.807) is 47.6 Å². The fourth-order valence-corrected chi connectivity index (χ4v) is 3.95. The number of carbonyl (C=O) groups excluding carboxylic acids is 1. The van der Waals surface area contributed by atoms with Crippen molar-refractivity contribution in [1.29, 1.82) is 0 Å². The maximum atomic E-state index is 12.9. The Kier molecular flexibility index (Phi) is 8.18. The largest absolute Gasteiger partial charge is 0.466 e. The minimum Gasteiger partial charge on any atom is -0.466 e. The van der Waals surface area contributed by atoms with Gasteiger partial charge in [0.15, 0.2) is 6.10 Å². The van der Waals surface area contributed by atoms with Gasteiger partial charge in [0.25, 0.3) is 0 Å². The van der Waals surface area contributed by atoms with Crippen LogP contribution in [0.1, 0.15) is 20.1 Å². The van der Waals surface area contributed by atoms with Crippen molar-refractivity contribution < 1.29 is 14.3 Å². The van der Waals surface area contributed by atoms with Crippen LogP contribution in [0, 0.1) is 5.41 Å². The van der Waals surface area contributed by atoms with Crippen LogP contribution >= 0.6 is 23.2 Å². The van der Waals surface area contributed by atoms with Crippen LogP contribution in [0.5, 0.6) is 5.75 Å². The number of halogens is 2. The molecule has 0 saturated carbocycles. The highest BCUT2D eigenvalue weighted by molar-refractivity contribution is 6.30. The lowest BCUT2D eigenvalue weighted by Gasteiger charge is -2.37. The Morgan fingerprint density at radius 2 is 1.67 bits per heavy atom. The van der Waals surface area contributed by atoms with Crippen LogP contribution in [0.25, 0.3) is 11.1 Å². The van der Waals surface area contributed by atoms with Gasteiger partial charge in [-0.25, -0.2) is 9.78 Å².